The first-order chi connectivity index (χ1) is 9.33. The highest BCUT2D eigenvalue weighted by Crippen LogP contribution is 2.20. The third kappa shape index (κ3) is 1.40. The van der Waals surface area contributed by atoms with Crippen LogP contribution in [0.5, 0.6) is 0 Å². The highest BCUT2D eigenvalue weighted by Gasteiger charge is 2.10. The van der Waals surface area contributed by atoms with Gasteiger partial charge in [-0.05, 0) is 12.1 Å². The SMILES string of the molecule is Nc1nc(-n2ccc3ccccc32)nc2[nH]cnc12. The Morgan fingerprint density at radius 3 is 2.95 bits per heavy atom. The van der Waals surface area contributed by atoms with Crippen molar-refractivity contribution in [3.8, 4) is 5.95 Å². The maximum Gasteiger partial charge on any atom is 0.238 e. The van der Waals surface area contributed by atoms with E-state index in [1.807, 2.05) is 41.1 Å². The second-order valence-electron chi connectivity index (χ2n) is 4.25. The van der Waals surface area contributed by atoms with Crippen molar-refractivity contribution in [1.82, 2.24) is 24.5 Å². The van der Waals surface area contributed by atoms with Gasteiger partial charge in [-0.1, -0.05) is 18.2 Å². The van der Waals surface area contributed by atoms with Gasteiger partial charge in [0.2, 0.25) is 5.95 Å². The Kier molecular flexibility index (Phi) is 1.88. The Balaban J connectivity index is 2.03. The Labute approximate surface area is 107 Å². The van der Waals surface area contributed by atoms with Crippen LogP contribution in [0.1, 0.15) is 0 Å². The van der Waals surface area contributed by atoms with E-state index in [0.29, 0.717) is 22.9 Å². The van der Waals surface area contributed by atoms with Gasteiger partial charge in [-0.2, -0.15) is 9.97 Å². The molecule has 0 saturated heterocycles. The molecule has 0 atom stereocenters. The number of imidazole rings is 1. The fraction of sp³-hybridized carbons (Fsp3) is 0. The van der Waals surface area contributed by atoms with Crippen molar-refractivity contribution in [3.05, 3.63) is 42.9 Å². The number of hydrogen-bond donors (Lipinski definition) is 2. The van der Waals surface area contributed by atoms with Gasteiger partial charge in [-0.3, -0.25) is 4.57 Å². The monoisotopic (exact) mass is 250 g/mol. The van der Waals surface area contributed by atoms with Crippen molar-refractivity contribution in [2.45, 2.75) is 0 Å². The van der Waals surface area contributed by atoms with Crippen LogP contribution < -0.4 is 5.73 Å². The van der Waals surface area contributed by atoms with Gasteiger partial charge in [-0.15, -0.1) is 0 Å². The number of nitrogens with two attached hydrogens (primary N) is 1. The van der Waals surface area contributed by atoms with Gasteiger partial charge in [0.05, 0.1) is 11.8 Å². The molecule has 0 fully saturated rings. The third-order valence-electron chi connectivity index (χ3n) is 3.11. The Morgan fingerprint density at radius 2 is 2.00 bits per heavy atom. The van der Waals surface area contributed by atoms with Crippen LogP contribution in [0.3, 0.4) is 0 Å². The predicted octanol–water partition coefficient (Wildman–Crippen LogP) is 1.88. The number of aromatic amines is 1. The van der Waals surface area contributed by atoms with Crippen LogP contribution in [0.15, 0.2) is 42.9 Å². The molecule has 6 nitrogen and oxygen atoms in total. The van der Waals surface area contributed by atoms with Crippen LogP contribution in [0.25, 0.3) is 28.0 Å². The summed E-state index contributed by atoms with van der Waals surface area (Å²) in [4.78, 5) is 15.8. The highest BCUT2D eigenvalue weighted by atomic mass is 15.2. The minimum Gasteiger partial charge on any atom is -0.382 e. The number of nitrogens with one attached hydrogen (secondary N) is 1. The summed E-state index contributed by atoms with van der Waals surface area (Å²) >= 11 is 0. The molecular weight excluding hydrogens is 240 g/mol. The standard InChI is InChI=1S/C13H10N6/c14-11-10-12(16-7-15-10)18-13(17-11)19-6-5-8-3-1-2-4-9(8)19/h1-7H,(H3,14,15,16,17,18). The molecule has 0 bridgehead atoms. The van der Waals surface area contributed by atoms with Crippen LogP contribution in [0.4, 0.5) is 5.82 Å². The highest BCUT2D eigenvalue weighted by molar-refractivity contribution is 5.84. The first-order valence-electron chi connectivity index (χ1n) is 5.86. The van der Waals surface area contributed by atoms with E-state index in [-0.39, 0.29) is 0 Å². The Hall–Kier alpha value is -2.89. The van der Waals surface area contributed by atoms with Crippen molar-refractivity contribution in [1.29, 1.82) is 0 Å². The first-order valence-corrected chi connectivity index (χ1v) is 5.86. The second kappa shape index (κ2) is 3.55. The van der Waals surface area contributed by atoms with E-state index in [2.05, 4.69) is 19.9 Å². The number of H-pyrrole nitrogens is 1. The van der Waals surface area contributed by atoms with Crippen LogP contribution in [0, 0.1) is 0 Å². The predicted molar refractivity (Wildman–Crippen MR) is 72.9 cm³/mol. The Morgan fingerprint density at radius 1 is 1.11 bits per heavy atom. The summed E-state index contributed by atoms with van der Waals surface area (Å²) in [6.45, 7) is 0. The Bertz CT molecular complexity index is 888. The van der Waals surface area contributed by atoms with Crippen molar-refractivity contribution >= 4 is 27.9 Å². The van der Waals surface area contributed by atoms with Gasteiger partial charge in [0.15, 0.2) is 11.5 Å². The lowest BCUT2D eigenvalue weighted by atomic mass is 10.2. The summed E-state index contributed by atoms with van der Waals surface area (Å²) in [6.07, 6.45) is 3.49. The molecule has 0 aliphatic carbocycles. The lowest BCUT2D eigenvalue weighted by Crippen LogP contribution is -2.03. The molecule has 3 heterocycles. The zero-order valence-corrected chi connectivity index (χ0v) is 9.91. The molecule has 1 aromatic carbocycles. The number of anilines is 1. The number of para-hydroxylation sites is 1. The summed E-state index contributed by atoms with van der Waals surface area (Å²) < 4.78 is 1.91. The maximum absolute atomic E-state index is 5.90. The normalized spacial score (nSPS) is 11.4. The summed E-state index contributed by atoms with van der Waals surface area (Å²) in [7, 11) is 0. The first kappa shape index (κ1) is 10.1. The van der Waals surface area contributed by atoms with Crippen LogP contribution in [0.2, 0.25) is 0 Å². The minimum absolute atomic E-state index is 0.374. The molecule has 6 heteroatoms. The number of nitrogen functional groups attached to an aromatic ring is 1. The number of benzene rings is 1. The molecular formula is C13H10N6. The van der Waals surface area contributed by atoms with Crippen molar-refractivity contribution in [2.75, 3.05) is 5.73 Å². The molecule has 0 aliphatic heterocycles. The van der Waals surface area contributed by atoms with Crippen LogP contribution in [-0.4, -0.2) is 24.5 Å². The summed E-state index contributed by atoms with van der Waals surface area (Å²) in [5.41, 5.74) is 8.18. The fourth-order valence-corrected chi connectivity index (χ4v) is 2.21. The van der Waals surface area contributed by atoms with E-state index < -0.39 is 0 Å². The quantitative estimate of drug-likeness (QED) is 0.540. The molecule has 0 aliphatic rings. The van der Waals surface area contributed by atoms with E-state index in [9.17, 15) is 0 Å². The smallest absolute Gasteiger partial charge is 0.238 e. The maximum atomic E-state index is 5.90. The lowest BCUT2D eigenvalue weighted by molar-refractivity contribution is 0.981. The van der Waals surface area contributed by atoms with Gasteiger partial charge in [-0.25, -0.2) is 4.98 Å². The fourth-order valence-electron chi connectivity index (χ4n) is 2.21. The average Bonchev–Trinajstić information content (AvgIpc) is 3.04. The van der Waals surface area contributed by atoms with Gasteiger partial charge >= 0.3 is 0 Å². The molecule has 0 unspecified atom stereocenters. The van der Waals surface area contributed by atoms with Gasteiger partial charge in [0, 0.05) is 11.6 Å². The summed E-state index contributed by atoms with van der Waals surface area (Å²) in [5, 5.41) is 1.13. The molecule has 3 N–H and O–H groups in total. The third-order valence-corrected chi connectivity index (χ3v) is 3.11. The molecule has 92 valence electrons. The van der Waals surface area contributed by atoms with Crippen LogP contribution >= 0.6 is 0 Å². The van der Waals surface area contributed by atoms with Gasteiger partial charge in [0.1, 0.15) is 5.52 Å². The zero-order valence-electron chi connectivity index (χ0n) is 9.91. The molecule has 4 rings (SSSR count). The minimum atomic E-state index is 0.374. The van der Waals surface area contributed by atoms with Crippen molar-refractivity contribution in [2.24, 2.45) is 0 Å². The van der Waals surface area contributed by atoms with E-state index in [1.165, 1.54) is 0 Å². The van der Waals surface area contributed by atoms with E-state index in [1.54, 1.807) is 6.33 Å². The van der Waals surface area contributed by atoms with Gasteiger partial charge in [0.25, 0.3) is 0 Å². The van der Waals surface area contributed by atoms with Crippen molar-refractivity contribution < 1.29 is 0 Å². The largest absolute Gasteiger partial charge is 0.382 e. The molecule has 0 radical (unpaired) electrons. The number of fused-ring (bicyclic) bond motifs is 2. The van der Waals surface area contributed by atoms with Crippen molar-refractivity contribution in [3.63, 3.8) is 0 Å². The molecule has 0 saturated carbocycles. The van der Waals surface area contributed by atoms with E-state index in [0.717, 1.165) is 10.9 Å². The number of nitrogens with zero attached hydrogens (tertiary/aromatic N) is 4. The molecule has 3 aromatic heterocycles. The molecule has 4 aromatic rings. The molecule has 0 spiro atoms. The van der Waals surface area contributed by atoms with E-state index in [4.69, 9.17) is 5.73 Å². The summed E-state index contributed by atoms with van der Waals surface area (Å²) in [5.74, 6) is 0.912. The lowest BCUT2D eigenvalue weighted by Gasteiger charge is -2.04. The molecule has 0 amide bonds. The second-order valence-corrected chi connectivity index (χ2v) is 4.25. The molecule has 19 heavy (non-hydrogen) atoms. The van der Waals surface area contributed by atoms with E-state index >= 15 is 0 Å². The number of aromatic nitrogens is 5. The van der Waals surface area contributed by atoms with Crippen LogP contribution in [-0.2, 0) is 0 Å². The van der Waals surface area contributed by atoms with Gasteiger partial charge < -0.3 is 10.7 Å². The topological polar surface area (TPSA) is 85.4 Å². The summed E-state index contributed by atoms with van der Waals surface area (Å²) in [6, 6.07) is 10.1. The number of hydrogen-bond acceptors (Lipinski definition) is 4. The number of rotatable bonds is 1. The average molecular weight is 250 g/mol. The zero-order chi connectivity index (χ0) is 12.8.